The Hall–Kier alpha value is -2.04. The fourth-order valence-corrected chi connectivity index (χ4v) is 3.31. The van der Waals surface area contributed by atoms with Crippen molar-refractivity contribution >= 4 is 17.5 Å². The summed E-state index contributed by atoms with van der Waals surface area (Å²) in [7, 11) is 1.62. The number of anilines is 1. The average molecular weight is 332 g/mol. The lowest BCUT2D eigenvalue weighted by molar-refractivity contribution is -0.137. The maximum Gasteiger partial charge on any atom is 0.227 e. The van der Waals surface area contributed by atoms with Gasteiger partial charge in [-0.25, -0.2) is 0 Å². The Labute approximate surface area is 144 Å². The van der Waals surface area contributed by atoms with E-state index in [1.54, 1.807) is 7.11 Å². The van der Waals surface area contributed by atoms with Gasteiger partial charge in [-0.1, -0.05) is 0 Å². The van der Waals surface area contributed by atoms with Gasteiger partial charge in [0, 0.05) is 30.6 Å². The van der Waals surface area contributed by atoms with Gasteiger partial charge in [0.15, 0.2) is 0 Å². The summed E-state index contributed by atoms with van der Waals surface area (Å²) in [6.07, 6.45) is 3.16. The van der Waals surface area contributed by atoms with Crippen LogP contribution in [0.2, 0.25) is 0 Å². The molecule has 0 radical (unpaired) electrons. The predicted molar refractivity (Wildman–Crippen MR) is 95.0 cm³/mol. The molecule has 1 fully saturated rings. The molecule has 132 valence electrons. The third kappa shape index (κ3) is 4.49. The number of rotatable bonds is 6. The predicted octanol–water partition coefficient (Wildman–Crippen LogP) is 3.31. The minimum absolute atomic E-state index is 0.00662. The number of ether oxygens (including phenoxy) is 1. The van der Waals surface area contributed by atoms with Crippen molar-refractivity contribution in [2.24, 2.45) is 11.8 Å². The standard InChI is InChI=1S/C19H28N2O3/c1-4-21(5-2)19(23)15-8-6-14(7-9-15)18(22)20-16-10-12-17(24-3)13-11-16/h10-15H,4-9H2,1-3H3,(H,20,22). The Bertz CT molecular complexity index is 544. The van der Waals surface area contributed by atoms with Gasteiger partial charge in [0.2, 0.25) is 11.8 Å². The third-order valence-corrected chi connectivity index (χ3v) is 4.88. The van der Waals surface area contributed by atoms with Crippen molar-refractivity contribution in [3.05, 3.63) is 24.3 Å². The zero-order valence-corrected chi connectivity index (χ0v) is 14.9. The molecular weight excluding hydrogens is 304 g/mol. The summed E-state index contributed by atoms with van der Waals surface area (Å²) < 4.78 is 5.11. The molecule has 1 aliphatic carbocycles. The normalized spacial score (nSPS) is 20.3. The van der Waals surface area contributed by atoms with Crippen LogP contribution < -0.4 is 10.1 Å². The average Bonchev–Trinajstić information content (AvgIpc) is 2.63. The zero-order chi connectivity index (χ0) is 17.5. The first-order chi connectivity index (χ1) is 11.6. The van der Waals surface area contributed by atoms with E-state index in [-0.39, 0.29) is 23.7 Å². The van der Waals surface area contributed by atoms with Gasteiger partial charge in [-0.3, -0.25) is 9.59 Å². The second-order valence-corrected chi connectivity index (χ2v) is 6.28. The number of hydrogen-bond acceptors (Lipinski definition) is 3. The molecule has 0 bridgehead atoms. The summed E-state index contributed by atoms with van der Waals surface area (Å²) in [5, 5.41) is 2.96. The summed E-state index contributed by atoms with van der Waals surface area (Å²) in [6, 6.07) is 7.34. The van der Waals surface area contributed by atoms with Crippen LogP contribution in [0.15, 0.2) is 24.3 Å². The van der Waals surface area contributed by atoms with Crippen molar-refractivity contribution < 1.29 is 14.3 Å². The minimum atomic E-state index is -0.00662. The lowest BCUT2D eigenvalue weighted by Crippen LogP contribution is -2.38. The van der Waals surface area contributed by atoms with E-state index in [1.165, 1.54) is 0 Å². The van der Waals surface area contributed by atoms with Crippen LogP contribution in [0.1, 0.15) is 39.5 Å². The Morgan fingerprint density at radius 3 is 2.08 bits per heavy atom. The number of benzene rings is 1. The van der Waals surface area contributed by atoms with E-state index in [2.05, 4.69) is 5.32 Å². The molecule has 0 saturated heterocycles. The quantitative estimate of drug-likeness (QED) is 0.869. The maximum atomic E-state index is 12.4. The molecule has 5 nitrogen and oxygen atoms in total. The Balaban J connectivity index is 1.84. The molecule has 0 spiro atoms. The highest BCUT2D eigenvalue weighted by atomic mass is 16.5. The summed E-state index contributed by atoms with van der Waals surface area (Å²) in [4.78, 5) is 26.7. The monoisotopic (exact) mass is 332 g/mol. The van der Waals surface area contributed by atoms with Crippen molar-refractivity contribution in [2.45, 2.75) is 39.5 Å². The number of nitrogens with one attached hydrogen (secondary N) is 1. The molecular formula is C19H28N2O3. The first-order valence-electron chi connectivity index (χ1n) is 8.82. The van der Waals surface area contributed by atoms with E-state index in [0.717, 1.165) is 50.2 Å². The number of carbonyl (C=O) groups is 2. The van der Waals surface area contributed by atoms with E-state index in [4.69, 9.17) is 4.74 Å². The van der Waals surface area contributed by atoms with Crippen molar-refractivity contribution in [1.29, 1.82) is 0 Å². The highest BCUT2D eigenvalue weighted by molar-refractivity contribution is 5.92. The van der Waals surface area contributed by atoms with Crippen LogP contribution >= 0.6 is 0 Å². The minimum Gasteiger partial charge on any atom is -0.497 e. The topological polar surface area (TPSA) is 58.6 Å². The molecule has 1 aromatic rings. The lowest BCUT2D eigenvalue weighted by atomic mass is 9.81. The summed E-state index contributed by atoms with van der Waals surface area (Å²) in [6.45, 7) is 5.53. The maximum absolute atomic E-state index is 12.4. The van der Waals surface area contributed by atoms with Crippen LogP contribution in [0.25, 0.3) is 0 Å². The van der Waals surface area contributed by atoms with Gasteiger partial charge < -0.3 is 15.0 Å². The number of carbonyl (C=O) groups excluding carboxylic acids is 2. The fourth-order valence-electron chi connectivity index (χ4n) is 3.31. The first kappa shape index (κ1) is 18.3. The molecule has 5 heteroatoms. The number of nitrogens with zero attached hydrogens (tertiary/aromatic N) is 1. The lowest BCUT2D eigenvalue weighted by Gasteiger charge is -2.30. The van der Waals surface area contributed by atoms with Crippen molar-refractivity contribution in [3.63, 3.8) is 0 Å². The Kier molecular flexibility index (Phi) is 6.64. The second kappa shape index (κ2) is 8.71. The van der Waals surface area contributed by atoms with E-state index in [9.17, 15) is 9.59 Å². The van der Waals surface area contributed by atoms with Gasteiger partial charge in [-0.05, 0) is 63.8 Å². The Morgan fingerprint density at radius 1 is 1.04 bits per heavy atom. The van der Waals surface area contributed by atoms with Gasteiger partial charge in [0.1, 0.15) is 5.75 Å². The number of methoxy groups -OCH3 is 1. The van der Waals surface area contributed by atoms with E-state index in [0.29, 0.717) is 0 Å². The molecule has 0 aliphatic heterocycles. The number of hydrogen-bond donors (Lipinski definition) is 1. The van der Waals surface area contributed by atoms with Crippen LogP contribution in [0, 0.1) is 11.8 Å². The third-order valence-electron chi connectivity index (χ3n) is 4.88. The molecule has 0 atom stereocenters. The van der Waals surface area contributed by atoms with Crippen LogP contribution in [0.5, 0.6) is 5.75 Å². The van der Waals surface area contributed by atoms with E-state index >= 15 is 0 Å². The van der Waals surface area contributed by atoms with Crippen molar-refractivity contribution in [1.82, 2.24) is 4.90 Å². The largest absolute Gasteiger partial charge is 0.497 e. The molecule has 24 heavy (non-hydrogen) atoms. The van der Waals surface area contributed by atoms with Crippen LogP contribution in [-0.4, -0.2) is 36.9 Å². The molecule has 1 aliphatic rings. The van der Waals surface area contributed by atoms with Gasteiger partial charge in [-0.2, -0.15) is 0 Å². The van der Waals surface area contributed by atoms with Gasteiger partial charge >= 0.3 is 0 Å². The smallest absolute Gasteiger partial charge is 0.227 e. The van der Waals surface area contributed by atoms with Crippen LogP contribution in [0.3, 0.4) is 0 Å². The molecule has 1 aromatic carbocycles. The second-order valence-electron chi connectivity index (χ2n) is 6.28. The molecule has 0 aromatic heterocycles. The van der Waals surface area contributed by atoms with Gasteiger partial charge in [0.05, 0.1) is 7.11 Å². The first-order valence-corrected chi connectivity index (χ1v) is 8.82. The molecule has 1 N–H and O–H groups in total. The van der Waals surface area contributed by atoms with Crippen LogP contribution in [0.4, 0.5) is 5.69 Å². The molecule has 2 amide bonds. The van der Waals surface area contributed by atoms with E-state index in [1.807, 2.05) is 43.0 Å². The summed E-state index contributed by atoms with van der Waals surface area (Å²) >= 11 is 0. The molecule has 2 rings (SSSR count). The molecule has 0 heterocycles. The van der Waals surface area contributed by atoms with Gasteiger partial charge in [0.25, 0.3) is 0 Å². The zero-order valence-electron chi connectivity index (χ0n) is 14.9. The molecule has 0 unspecified atom stereocenters. The highest BCUT2D eigenvalue weighted by Crippen LogP contribution is 2.31. The summed E-state index contributed by atoms with van der Waals surface area (Å²) in [5.41, 5.74) is 0.780. The van der Waals surface area contributed by atoms with Crippen LogP contribution in [-0.2, 0) is 9.59 Å². The van der Waals surface area contributed by atoms with Crippen molar-refractivity contribution in [2.75, 3.05) is 25.5 Å². The van der Waals surface area contributed by atoms with E-state index < -0.39 is 0 Å². The molecule has 1 saturated carbocycles. The fraction of sp³-hybridized carbons (Fsp3) is 0.579. The highest BCUT2D eigenvalue weighted by Gasteiger charge is 2.31. The Morgan fingerprint density at radius 2 is 1.58 bits per heavy atom. The summed E-state index contributed by atoms with van der Waals surface area (Å²) in [5.74, 6) is 1.13. The SMILES string of the molecule is CCN(CC)C(=O)C1CCC(C(=O)Nc2ccc(OC)cc2)CC1. The van der Waals surface area contributed by atoms with Crippen molar-refractivity contribution in [3.8, 4) is 5.75 Å². The number of amides is 2. The van der Waals surface area contributed by atoms with Gasteiger partial charge in [-0.15, -0.1) is 0 Å².